The predicted molar refractivity (Wildman–Crippen MR) is 22.4 cm³/mol. The fourth-order valence-electron chi connectivity index (χ4n) is 0. The molecule has 0 amide bonds. The minimum atomic E-state index is 0. The molecule has 0 aromatic carbocycles. The third-order valence-corrected chi connectivity index (χ3v) is 0. The quantitative estimate of drug-likeness (QED) is 0.262. The summed E-state index contributed by atoms with van der Waals surface area (Å²) in [7, 11) is 0. The summed E-state index contributed by atoms with van der Waals surface area (Å²) in [6.45, 7) is 6.00. The van der Waals surface area contributed by atoms with Gasteiger partial charge in [-0.2, -0.15) is 0 Å². The van der Waals surface area contributed by atoms with E-state index >= 15 is 0 Å². The maximum atomic E-state index is 3.00. The molecule has 0 fully saturated rings. The molecule has 0 heterocycles. The van der Waals surface area contributed by atoms with E-state index in [-0.39, 0.29) is 32.6 Å². The Morgan fingerprint density at radius 2 is 1.00 bits per heavy atom. The van der Waals surface area contributed by atoms with E-state index in [1.165, 1.54) is 0 Å². The molecule has 0 saturated carbocycles. The molecule has 0 unspecified atom stereocenters. The van der Waals surface area contributed by atoms with Crippen LogP contribution in [0.4, 0.5) is 0 Å². The topological polar surface area (TPSA) is 70.0 Å². The van der Waals surface area contributed by atoms with Gasteiger partial charge in [-0.1, -0.05) is 0 Å². The van der Waals surface area contributed by atoms with Crippen molar-refractivity contribution in [2.45, 2.75) is 0 Å². The molecule has 0 bridgehead atoms. The number of hydrogen-bond donors (Lipinski definition) is 2. The van der Waals surface area contributed by atoms with E-state index in [0.29, 0.717) is 0 Å². The van der Waals surface area contributed by atoms with Crippen LogP contribution in [0.15, 0.2) is 13.2 Å². The Hall–Kier alpha value is 0.257. The van der Waals surface area contributed by atoms with Gasteiger partial charge in [-0.3, -0.25) is 0 Å². The molecule has 0 aromatic rings. The Labute approximate surface area is 46.5 Å². The third-order valence-electron chi connectivity index (χ3n) is 0. The van der Waals surface area contributed by atoms with Crippen LogP contribution < -0.4 is 31.2 Å². The zero-order valence-electron chi connectivity index (χ0n) is 4.83. The van der Waals surface area contributed by atoms with Crippen molar-refractivity contribution in [3.05, 3.63) is 13.2 Å². The Morgan fingerprint density at radius 3 is 1.00 bits per heavy atom. The molecule has 30 valence electrons. The van der Waals surface area contributed by atoms with Crippen LogP contribution in [0.25, 0.3) is 0 Å². The van der Waals surface area contributed by atoms with Gasteiger partial charge in [0.1, 0.15) is 0 Å². The number of rotatable bonds is 0. The van der Waals surface area contributed by atoms with Gasteiger partial charge < -0.3 is 13.7 Å². The van der Waals surface area contributed by atoms with Gasteiger partial charge in [0.05, 0.1) is 0 Å². The van der Waals surface area contributed by atoms with Gasteiger partial charge >= 0.3 is 18.9 Å². The molecule has 5 heavy (non-hydrogen) atoms. The maximum Gasteiger partial charge on any atom is 1.00 e. The molecule has 6 N–H and O–H groups in total. The van der Waals surface area contributed by atoms with Crippen LogP contribution in [0.3, 0.4) is 0 Å². The number of hydrogen-bond acceptors (Lipinski definition) is 2. The second kappa shape index (κ2) is 682. The van der Waals surface area contributed by atoms with Crippen molar-refractivity contribution in [3.8, 4) is 0 Å². The maximum absolute atomic E-state index is 3.00. The smallest absolute Gasteiger partial charge is 1.00 e. The summed E-state index contributed by atoms with van der Waals surface area (Å²) < 4.78 is 0. The van der Waals surface area contributed by atoms with Crippen molar-refractivity contribution >= 4 is 0 Å². The van der Waals surface area contributed by atoms with Crippen molar-refractivity contribution in [1.82, 2.24) is 12.3 Å². The first-order valence-electron chi connectivity index (χ1n) is 0.500. The minimum Gasteiger partial charge on any atom is -1.00 e. The van der Waals surface area contributed by atoms with Crippen molar-refractivity contribution in [2.24, 2.45) is 0 Å². The van der Waals surface area contributed by atoms with Gasteiger partial charge in [0, 0.05) is 0 Å². The summed E-state index contributed by atoms with van der Waals surface area (Å²) in [6, 6.07) is 0. The predicted octanol–water partition coefficient (Wildman–Crippen LogP) is -1.76. The second-order valence-corrected chi connectivity index (χ2v) is 0. The van der Waals surface area contributed by atoms with Gasteiger partial charge in [-0.25, -0.2) is 0 Å². The Balaban J connectivity index is -0.000000000833. The van der Waals surface area contributed by atoms with Gasteiger partial charge in [0.15, 0.2) is 0 Å². The van der Waals surface area contributed by atoms with Crippen molar-refractivity contribution < 1.29 is 20.3 Å². The fraction of sp³-hybridized carbons (Fsp3) is 0. The first-order valence-corrected chi connectivity index (χ1v) is 0.500. The van der Waals surface area contributed by atoms with E-state index in [1.807, 2.05) is 0 Å². The van der Waals surface area contributed by atoms with Crippen LogP contribution in [0.5, 0.6) is 0 Å². The summed E-state index contributed by atoms with van der Waals surface area (Å²) in [5.74, 6) is 0. The molecule has 0 aliphatic rings. The zero-order chi connectivity index (χ0) is 2.00. The van der Waals surface area contributed by atoms with E-state index in [2.05, 4.69) is 13.2 Å². The standard InChI is InChI=1S/C2H4.Li.2H3N.H/c1-2;;;;/h1-2H2;;2*1H3;/q;+1;;;-1. The van der Waals surface area contributed by atoms with E-state index in [1.54, 1.807) is 0 Å². The normalized spacial score (nSPS) is 0.800. The van der Waals surface area contributed by atoms with Crippen LogP contribution in [0.2, 0.25) is 0 Å². The van der Waals surface area contributed by atoms with Crippen LogP contribution in [-0.4, -0.2) is 0 Å². The Bertz CT molecular complexity index is 11.5. The monoisotopic (exact) mass is 70.1 g/mol. The average Bonchev–Trinajstić information content (AvgIpc) is 1.00. The Morgan fingerprint density at radius 1 is 1.00 bits per heavy atom. The molecule has 0 aromatic heterocycles. The third kappa shape index (κ3) is 327. The van der Waals surface area contributed by atoms with E-state index in [9.17, 15) is 0 Å². The largest absolute Gasteiger partial charge is 1.00 e. The van der Waals surface area contributed by atoms with E-state index in [4.69, 9.17) is 0 Å². The van der Waals surface area contributed by atoms with Gasteiger partial charge in [0.2, 0.25) is 0 Å². The van der Waals surface area contributed by atoms with E-state index < -0.39 is 0 Å². The first kappa shape index (κ1) is 60.3. The molecule has 0 aliphatic heterocycles. The molecular formula is C2H11LiN2. The molecule has 0 atom stereocenters. The first-order chi connectivity index (χ1) is 1.00. The minimum absolute atomic E-state index is 0. The van der Waals surface area contributed by atoms with Crippen molar-refractivity contribution in [3.63, 3.8) is 0 Å². The summed E-state index contributed by atoms with van der Waals surface area (Å²) in [4.78, 5) is 0. The molecule has 2 nitrogen and oxygen atoms in total. The molecule has 3 heteroatoms. The van der Waals surface area contributed by atoms with Gasteiger partial charge in [-0.15, -0.1) is 13.2 Å². The van der Waals surface area contributed by atoms with Crippen LogP contribution in [0, 0.1) is 0 Å². The van der Waals surface area contributed by atoms with Crippen LogP contribution in [-0.2, 0) is 0 Å². The molecular weight excluding hydrogens is 59.0 g/mol. The fourth-order valence-corrected chi connectivity index (χ4v) is 0. The van der Waals surface area contributed by atoms with Gasteiger partial charge in [0.25, 0.3) is 0 Å². The molecule has 0 spiro atoms. The average molecular weight is 70.1 g/mol. The van der Waals surface area contributed by atoms with Crippen molar-refractivity contribution in [1.29, 1.82) is 0 Å². The molecule has 0 radical (unpaired) electrons. The van der Waals surface area contributed by atoms with Gasteiger partial charge in [-0.05, 0) is 0 Å². The zero-order valence-corrected chi connectivity index (χ0v) is 3.83. The summed E-state index contributed by atoms with van der Waals surface area (Å²) in [5, 5.41) is 0. The summed E-state index contributed by atoms with van der Waals surface area (Å²) in [5.41, 5.74) is 0. The SMILES string of the molecule is C=C.N.N.[H-].[Li+]. The summed E-state index contributed by atoms with van der Waals surface area (Å²) in [6.07, 6.45) is 0. The molecule has 0 saturated heterocycles. The molecule has 0 aliphatic carbocycles. The summed E-state index contributed by atoms with van der Waals surface area (Å²) >= 11 is 0. The molecule has 0 rings (SSSR count). The van der Waals surface area contributed by atoms with Crippen LogP contribution in [0.1, 0.15) is 1.43 Å². The van der Waals surface area contributed by atoms with E-state index in [0.717, 1.165) is 0 Å². The van der Waals surface area contributed by atoms with Crippen molar-refractivity contribution in [2.75, 3.05) is 0 Å². The Kier molecular flexibility index (Phi) is 8220. The second-order valence-electron chi connectivity index (χ2n) is 0. The van der Waals surface area contributed by atoms with Crippen LogP contribution >= 0.6 is 0 Å².